The van der Waals surface area contributed by atoms with E-state index in [9.17, 15) is 4.79 Å². The molecule has 0 spiro atoms. The van der Waals surface area contributed by atoms with Gasteiger partial charge in [-0.05, 0) is 62.1 Å². The number of nitrogens with zero attached hydrogens (tertiary/aromatic N) is 2. The second kappa shape index (κ2) is 9.37. The smallest absolute Gasteiger partial charge is 0.229 e. The molecule has 6 heteroatoms. The van der Waals surface area contributed by atoms with Gasteiger partial charge < -0.3 is 5.32 Å². The third-order valence-electron chi connectivity index (χ3n) is 6.29. The van der Waals surface area contributed by atoms with E-state index in [1.54, 1.807) is 22.7 Å². The number of hydrogen-bond donors (Lipinski definition) is 1. The number of anilines is 1. The largest absolute Gasteiger partial charge is 0.317 e. The molecule has 4 nitrogen and oxygen atoms in total. The van der Waals surface area contributed by atoms with Gasteiger partial charge in [0.05, 0.1) is 16.6 Å². The normalized spacial score (nSPS) is 13.9. The van der Waals surface area contributed by atoms with Crippen LogP contribution in [0.4, 0.5) is 5.00 Å². The first kappa shape index (κ1) is 22.3. The molecule has 2 aromatic heterocycles. The first-order chi connectivity index (χ1) is 16.0. The molecular weight excluding hydrogens is 446 g/mol. The highest BCUT2D eigenvalue weighted by Gasteiger charge is 2.27. The van der Waals surface area contributed by atoms with E-state index in [4.69, 9.17) is 4.98 Å². The maximum Gasteiger partial charge on any atom is 0.229 e. The third kappa shape index (κ3) is 4.60. The summed E-state index contributed by atoms with van der Waals surface area (Å²) in [4.78, 5) is 22.0. The molecule has 0 radical (unpaired) electrons. The summed E-state index contributed by atoms with van der Waals surface area (Å²) in [6.45, 7) is 9.50. The Kier molecular flexibility index (Phi) is 6.32. The molecule has 0 saturated heterocycles. The van der Waals surface area contributed by atoms with Crippen molar-refractivity contribution in [3.8, 4) is 10.6 Å². The van der Waals surface area contributed by atoms with Gasteiger partial charge in [-0.1, -0.05) is 42.8 Å². The molecule has 4 aromatic rings. The van der Waals surface area contributed by atoms with Crippen molar-refractivity contribution in [2.45, 2.75) is 46.6 Å². The summed E-state index contributed by atoms with van der Waals surface area (Å²) in [6.07, 6.45) is 2.55. The molecule has 170 valence electrons. The van der Waals surface area contributed by atoms with Crippen molar-refractivity contribution in [2.75, 3.05) is 18.4 Å². The van der Waals surface area contributed by atoms with Crippen LogP contribution in [0.1, 0.15) is 40.5 Å². The fourth-order valence-electron chi connectivity index (χ4n) is 4.59. The highest BCUT2D eigenvalue weighted by molar-refractivity contribution is 7.22. The second-order valence-corrected chi connectivity index (χ2v) is 11.0. The maximum absolute atomic E-state index is 13.1. The molecule has 3 heterocycles. The fraction of sp³-hybridized carbons (Fsp3) is 0.333. The van der Waals surface area contributed by atoms with Crippen LogP contribution < -0.4 is 5.32 Å². The maximum atomic E-state index is 13.1. The summed E-state index contributed by atoms with van der Waals surface area (Å²) < 4.78 is 1.18. The molecule has 1 aliphatic heterocycles. The van der Waals surface area contributed by atoms with E-state index in [0.717, 1.165) is 64.7 Å². The van der Waals surface area contributed by atoms with E-state index in [2.05, 4.69) is 67.4 Å². The zero-order chi connectivity index (χ0) is 22.9. The summed E-state index contributed by atoms with van der Waals surface area (Å²) in [5.74, 6) is 0.0371. The Morgan fingerprint density at radius 2 is 2.00 bits per heavy atom. The average molecular weight is 476 g/mol. The van der Waals surface area contributed by atoms with Crippen LogP contribution in [-0.4, -0.2) is 28.9 Å². The quantitative estimate of drug-likeness (QED) is 0.342. The first-order valence-electron chi connectivity index (χ1n) is 11.6. The van der Waals surface area contributed by atoms with Crippen molar-refractivity contribution < 1.29 is 4.79 Å². The van der Waals surface area contributed by atoms with Gasteiger partial charge in [0.1, 0.15) is 10.0 Å². The Balaban J connectivity index is 1.50. The molecule has 5 rings (SSSR count). The van der Waals surface area contributed by atoms with Gasteiger partial charge in [-0.15, -0.1) is 22.7 Å². The SMILES string of the molecule is CCCN1CCc2c(sc(NC(=O)Cc3cc(C)ccc3C)c2-c2nc3ccccc3s2)C1. The second-order valence-electron chi connectivity index (χ2n) is 8.88. The minimum absolute atomic E-state index is 0.0371. The van der Waals surface area contributed by atoms with Crippen LogP contribution in [0.5, 0.6) is 0 Å². The van der Waals surface area contributed by atoms with E-state index in [0.29, 0.717) is 6.42 Å². The highest BCUT2D eigenvalue weighted by atomic mass is 32.1. The van der Waals surface area contributed by atoms with Crippen LogP contribution >= 0.6 is 22.7 Å². The van der Waals surface area contributed by atoms with E-state index in [-0.39, 0.29) is 5.91 Å². The number of nitrogens with one attached hydrogen (secondary N) is 1. The lowest BCUT2D eigenvalue weighted by Crippen LogP contribution is -2.30. The zero-order valence-electron chi connectivity index (χ0n) is 19.4. The summed E-state index contributed by atoms with van der Waals surface area (Å²) in [5, 5.41) is 5.25. The minimum atomic E-state index is 0.0371. The summed E-state index contributed by atoms with van der Waals surface area (Å²) >= 11 is 3.45. The molecule has 0 fully saturated rings. The Morgan fingerprint density at radius 1 is 1.15 bits per heavy atom. The molecule has 0 unspecified atom stereocenters. The van der Waals surface area contributed by atoms with Crippen LogP contribution in [0, 0.1) is 13.8 Å². The van der Waals surface area contributed by atoms with Crippen molar-refractivity contribution in [3.63, 3.8) is 0 Å². The standard InChI is InChI=1S/C27H29N3OS2/c1-4-12-30-13-11-20-23(16-30)33-27(25(20)26-28-21-7-5-6-8-22(21)32-26)29-24(31)15-19-14-17(2)9-10-18(19)3/h5-10,14H,4,11-13,15-16H2,1-3H3,(H,29,31). The van der Waals surface area contributed by atoms with Gasteiger partial charge in [-0.25, -0.2) is 4.98 Å². The summed E-state index contributed by atoms with van der Waals surface area (Å²) in [6, 6.07) is 14.6. The molecule has 1 amide bonds. The van der Waals surface area contributed by atoms with Crippen LogP contribution in [0.3, 0.4) is 0 Å². The predicted molar refractivity (Wildman–Crippen MR) is 140 cm³/mol. The highest BCUT2D eigenvalue weighted by Crippen LogP contribution is 2.45. The lowest BCUT2D eigenvalue weighted by atomic mass is 10.0. The van der Waals surface area contributed by atoms with Gasteiger partial charge in [-0.2, -0.15) is 0 Å². The molecule has 0 aliphatic carbocycles. The Morgan fingerprint density at radius 3 is 2.82 bits per heavy atom. The number of hydrogen-bond acceptors (Lipinski definition) is 5. The number of rotatable bonds is 6. The van der Waals surface area contributed by atoms with Gasteiger partial charge in [0, 0.05) is 23.5 Å². The van der Waals surface area contributed by atoms with E-state index in [1.165, 1.54) is 20.7 Å². The molecule has 0 atom stereocenters. The Bertz CT molecular complexity index is 1290. The van der Waals surface area contributed by atoms with Crippen molar-refractivity contribution in [2.24, 2.45) is 0 Å². The average Bonchev–Trinajstić information content (AvgIpc) is 3.36. The van der Waals surface area contributed by atoms with Crippen LogP contribution in [0.2, 0.25) is 0 Å². The van der Waals surface area contributed by atoms with Crippen molar-refractivity contribution in [3.05, 3.63) is 69.6 Å². The molecule has 0 saturated carbocycles. The van der Waals surface area contributed by atoms with Gasteiger partial charge >= 0.3 is 0 Å². The molecule has 1 N–H and O–H groups in total. The summed E-state index contributed by atoms with van der Waals surface area (Å²) in [7, 11) is 0. The number of fused-ring (bicyclic) bond motifs is 2. The number of para-hydroxylation sites is 1. The number of thiazole rings is 1. The monoisotopic (exact) mass is 475 g/mol. The predicted octanol–water partition coefficient (Wildman–Crippen LogP) is 6.59. The van der Waals surface area contributed by atoms with Crippen LogP contribution in [0.25, 0.3) is 20.8 Å². The van der Waals surface area contributed by atoms with Gasteiger partial charge in [0.15, 0.2) is 0 Å². The molecular formula is C27H29N3OS2. The molecule has 33 heavy (non-hydrogen) atoms. The number of carbonyl (C=O) groups excluding carboxylic acids is 1. The molecule has 1 aliphatic rings. The van der Waals surface area contributed by atoms with E-state index in [1.807, 2.05) is 6.07 Å². The van der Waals surface area contributed by atoms with Crippen molar-refractivity contribution in [1.82, 2.24) is 9.88 Å². The third-order valence-corrected chi connectivity index (χ3v) is 8.48. The minimum Gasteiger partial charge on any atom is -0.317 e. The fourth-order valence-corrected chi connectivity index (χ4v) is 7.01. The Labute approximate surface area is 203 Å². The lowest BCUT2D eigenvalue weighted by molar-refractivity contribution is -0.115. The number of amides is 1. The number of aryl methyl sites for hydroxylation is 2. The first-order valence-corrected chi connectivity index (χ1v) is 13.2. The molecule has 0 bridgehead atoms. The van der Waals surface area contributed by atoms with Crippen LogP contribution in [-0.2, 0) is 24.2 Å². The number of benzene rings is 2. The molecule has 2 aromatic carbocycles. The topological polar surface area (TPSA) is 45.2 Å². The Hall–Kier alpha value is -2.54. The van der Waals surface area contributed by atoms with Crippen LogP contribution in [0.15, 0.2) is 42.5 Å². The van der Waals surface area contributed by atoms with E-state index >= 15 is 0 Å². The van der Waals surface area contributed by atoms with Gasteiger partial charge in [0.2, 0.25) is 5.91 Å². The van der Waals surface area contributed by atoms with Crippen molar-refractivity contribution in [1.29, 1.82) is 0 Å². The summed E-state index contributed by atoms with van der Waals surface area (Å²) in [5.41, 5.74) is 6.96. The number of carbonyl (C=O) groups is 1. The van der Waals surface area contributed by atoms with E-state index < -0.39 is 0 Å². The van der Waals surface area contributed by atoms with Gasteiger partial charge in [0.25, 0.3) is 0 Å². The zero-order valence-corrected chi connectivity index (χ0v) is 21.0. The van der Waals surface area contributed by atoms with Crippen molar-refractivity contribution >= 4 is 43.8 Å². The number of aromatic nitrogens is 1. The lowest BCUT2D eigenvalue weighted by Gasteiger charge is -2.26. The number of thiophene rings is 1. The van der Waals surface area contributed by atoms with Gasteiger partial charge in [-0.3, -0.25) is 9.69 Å².